The average Bonchev–Trinajstić information content (AvgIpc) is 3.35. The molecule has 1 N–H and O–H groups in total. The molecule has 3 aromatic rings. The largest absolute Gasteiger partial charge is 0.376 e. The number of ether oxygens (including phenoxy) is 1. The molecule has 1 amide bonds. The van der Waals surface area contributed by atoms with Crippen LogP contribution in [0.25, 0.3) is 10.9 Å². The molecule has 25 heavy (non-hydrogen) atoms. The van der Waals surface area contributed by atoms with Gasteiger partial charge in [-0.3, -0.25) is 9.48 Å². The van der Waals surface area contributed by atoms with E-state index >= 15 is 0 Å². The fourth-order valence-corrected chi connectivity index (χ4v) is 3.31. The zero-order chi connectivity index (χ0) is 17.1. The number of carbonyl (C=O) groups excluding carboxylic acids is 1. The maximum atomic E-state index is 12.2. The van der Waals surface area contributed by atoms with Crippen LogP contribution in [0.3, 0.4) is 0 Å². The number of hydrogen-bond donors (Lipinski definition) is 1. The third kappa shape index (κ3) is 3.74. The summed E-state index contributed by atoms with van der Waals surface area (Å²) < 4.78 is 9.56. The number of aryl methyl sites for hydroxylation is 1. The van der Waals surface area contributed by atoms with Gasteiger partial charge in [0.2, 0.25) is 5.91 Å². The normalized spacial score (nSPS) is 17.2. The zero-order valence-corrected chi connectivity index (χ0v) is 14.1. The second-order valence-electron chi connectivity index (χ2n) is 6.45. The van der Waals surface area contributed by atoms with Gasteiger partial charge in [0.25, 0.3) is 0 Å². The summed E-state index contributed by atoms with van der Waals surface area (Å²) in [6.07, 6.45) is 8.44. The highest BCUT2D eigenvalue weighted by molar-refractivity contribution is 5.90. The summed E-state index contributed by atoms with van der Waals surface area (Å²) in [6.45, 7) is 2.23. The van der Waals surface area contributed by atoms with E-state index in [9.17, 15) is 4.79 Å². The molecule has 1 saturated heterocycles. The predicted octanol–water partition coefficient (Wildman–Crippen LogP) is 3.05. The molecular formula is C19H22N4O2. The molecule has 1 aliphatic heterocycles. The zero-order valence-electron chi connectivity index (χ0n) is 14.1. The number of benzene rings is 1. The van der Waals surface area contributed by atoms with Gasteiger partial charge in [-0.15, -0.1) is 0 Å². The monoisotopic (exact) mass is 338 g/mol. The van der Waals surface area contributed by atoms with Gasteiger partial charge in [-0.1, -0.05) is 18.2 Å². The number of para-hydroxylation sites is 1. The highest BCUT2D eigenvalue weighted by Crippen LogP contribution is 2.16. The molecule has 1 aromatic carbocycles. The Kier molecular flexibility index (Phi) is 4.52. The van der Waals surface area contributed by atoms with Gasteiger partial charge in [-0.2, -0.15) is 5.10 Å². The number of nitrogens with zero attached hydrogens (tertiary/aromatic N) is 3. The van der Waals surface area contributed by atoms with Crippen LogP contribution >= 0.6 is 0 Å². The van der Waals surface area contributed by atoms with E-state index in [1.807, 2.05) is 29.2 Å². The molecule has 6 nitrogen and oxygen atoms in total. The standard InChI is InChI=1S/C19H22N4O2/c24-19(8-10-22-9-7-15-4-1-2-6-18(15)22)21-16-12-20-23(13-16)14-17-5-3-11-25-17/h1-2,4,6-7,9,12-13,17H,3,5,8,10-11,14H2,(H,21,24). The van der Waals surface area contributed by atoms with Gasteiger partial charge in [0.05, 0.1) is 24.5 Å². The van der Waals surface area contributed by atoms with Crippen LogP contribution in [0.5, 0.6) is 0 Å². The first-order valence-corrected chi connectivity index (χ1v) is 8.76. The van der Waals surface area contributed by atoms with E-state index in [0.717, 1.165) is 37.2 Å². The van der Waals surface area contributed by atoms with Crippen molar-refractivity contribution in [2.45, 2.75) is 38.5 Å². The topological polar surface area (TPSA) is 61.1 Å². The van der Waals surface area contributed by atoms with E-state index in [0.29, 0.717) is 13.0 Å². The van der Waals surface area contributed by atoms with Gasteiger partial charge in [0.15, 0.2) is 0 Å². The minimum atomic E-state index is -0.00514. The Morgan fingerprint density at radius 1 is 1.32 bits per heavy atom. The molecule has 2 aromatic heterocycles. The molecule has 130 valence electrons. The number of hydrogen-bond acceptors (Lipinski definition) is 3. The van der Waals surface area contributed by atoms with Crippen LogP contribution in [0.1, 0.15) is 19.3 Å². The number of rotatable bonds is 6. The van der Waals surface area contributed by atoms with Gasteiger partial charge in [-0.05, 0) is 30.4 Å². The molecule has 3 heterocycles. The molecule has 0 radical (unpaired) electrons. The smallest absolute Gasteiger partial charge is 0.226 e. The lowest BCUT2D eigenvalue weighted by atomic mass is 10.2. The molecule has 0 saturated carbocycles. The molecule has 1 atom stereocenters. The van der Waals surface area contributed by atoms with Crippen LogP contribution in [-0.2, 0) is 22.6 Å². The van der Waals surface area contributed by atoms with Crippen molar-refractivity contribution < 1.29 is 9.53 Å². The third-order valence-electron chi connectivity index (χ3n) is 4.59. The minimum absolute atomic E-state index is 0.00514. The number of anilines is 1. The summed E-state index contributed by atoms with van der Waals surface area (Å²) in [5.74, 6) is -0.00514. The fourth-order valence-electron chi connectivity index (χ4n) is 3.31. The molecule has 6 heteroatoms. The number of fused-ring (bicyclic) bond motifs is 1. The summed E-state index contributed by atoms with van der Waals surface area (Å²) in [5, 5.41) is 8.41. The van der Waals surface area contributed by atoms with Crippen molar-refractivity contribution in [3.8, 4) is 0 Å². The lowest BCUT2D eigenvalue weighted by molar-refractivity contribution is -0.116. The third-order valence-corrected chi connectivity index (χ3v) is 4.59. The van der Waals surface area contributed by atoms with E-state index < -0.39 is 0 Å². The lowest BCUT2D eigenvalue weighted by Gasteiger charge is -2.08. The van der Waals surface area contributed by atoms with E-state index in [4.69, 9.17) is 4.74 Å². The Bertz CT molecular complexity index is 861. The van der Waals surface area contributed by atoms with E-state index in [1.54, 1.807) is 6.20 Å². The Morgan fingerprint density at radius 3 is 3.12 bits per heavy atom. The first-order valence-electron chi connectivity index (χ1n) is 8.76. The second kappa shape index (κ2) is 7.11. The molecule has 1 aliphatic rings. The van der Waals surface area contributed by atoms with Gasteiger partial charge in [0, 0.05) is 37.5 Å². The van der Waals surface area contributed by atoms with Crippen LogP contribution in [0.15, 0.2) is 48.9 Å². The number of aromatic nitrogens is 3. The molecule has 1 fully saturated rings. The van der Waals surface area contributed by atoms with Crippen molar-refractivity contribution in [1.82, 2.24) is 14.3 Å². The van der Waals surface area contributed by atoms with Gasteiger partial charge in [-0.25, -0.2) is 0 Å². The van der Waals surface area contributed by atoms with Crippen molar-refractivity contribution >= 4 is 22.5 Å². The fraction of sp³-hybridized carbons (Fsp3) is 0.368. The Hall–Kier alpha value is -2.60. The summed E-state index contributed by atoms with van der Waals surface area (Å²) in [5.41, 5.74) is 1.89. The Labute approximate surface area is 146 Å². The maximum absolute atomic E-state index is 12.2. The molecular weight excluding hydrogens is 316 g/mol. The van der Waals surface area contributed by atoms with Crippen molar-refractivity contribution in [2.75, 3.05) is 11.9 Å². The van der Waals surface area contributed by atoms with Gasteiger partial charge in [0.1, 0.15) is 0 Å². The van der Waals surface area contributed by atoms with E-state index in [2.05, 4.69) is 33.2 Å². The SMILES string of the molecule is O=C(CCn1ccc2ccccc21)Nc1cnn(CC2CCCO2)c1. The summed E-state index contributed by atoms with van der Waals surface area (Å²) in [6, 6.07) is 10.3. The summed E-state index contributed by atoms with van der Waals surface area (Å²) >= 11 is 0. The van der Waals surface area contributed by atoms with Crippen molar-refractivity contribution in [3.63, 3.8) is 0 Å². The molecule has 0 bridgehead atoms. The first kappa shape index (κ1) is 15.9. The first-order chi connectivity index (χ1) is 12.3. The van der Waals surface area contributed by atoms with Crippen LogP contribution < -0.4 is 5.32 Å². The predicted molar refractivity (Wildman–Crippen MR) is 96.4 cm³/mol. The van der Waals surface area contributed by atoms with E-state index in [1.165, 1.54) is 5.39 Å². The Morgan fingerprint density at radius 2 is 2.24 bits per heavy atom. The van der Waals surface area contributed by atoms with Gasteiger partial charge < -0.3 is 14.6 Å². The highest BCUT2D eigenvalue weighted by Gasteiger charge is 2.16. The Balaban J connectivity index is 1.31. The second-order valence-corrected chi connectivity index (χ2v) is 6.45. The summed E-state index contributed by atoms with van der Waals surface area (Å²) in [4.78, 5) is 12.2. The number of nitrogens with one attached hydrogen (secondary N) is 1. The number of carbonyl (C=O) groups is 1. The molecule has 0 spiro atoms. The summed E-state index contributed by atoms with van der Waals surface area (Å²) in [7, 11) is 0. The molecule has 4 rings (SSSR count). The van der Waals surface area contributed by atoms with Crippen LogP contribution in [0.4, 0.5) is 5.69 Å². The highest BCUT2D eigenvalue weighted by atomic mass is 16.5. The molecule has 0 aliphatic carbocycles. The van der Waals surface area contributed by atoms with Crippen molar-refractivity contribution in [2.24, 2.45) is 0 Å². The molecule has 1 unspecified atom stereocenters. The minimum Gasteiger partial charge on any atom is -0.376 e. The van der Waals surface area contributed by atoms with Crippen LogP contribution in [0.2, 0.25) is 0 Å². The van der Waals surface area contributed by atoms with Crippen LogP contribution in [0, 0.1) is 0 Å². The maximum Gasteiger partial charge on any atom is 0.226 e. The van der Waals surface area contributed by atoms with Crippen molar-refractivity contribution in [1.29, 1.82) is 0 Å². The lowest BCUT2D eigenvalue weighted by Crippen LogP contribution is -2.15. The number of amides is 1. The van der Waals surface area contributed by atoms with Crippen LogP contribution in [-0.4, -0.2) is 33.0 Å². The van der Waals surface area contributed by atoms with E-state index in [-0.39, 0.29) is 12.0 Å². The van der Waals surface area contributed by atoms with Crippen molar-refractivity contribution in [3.05, 3.63) is 48.9 Å². The average molecular weight is 338 g/mol. The van der Waals surface area contributed by atoms with Gasteiger partial charge >= 0.3 is 0 Å². The quantitative estimate of drug-likeness (QED) is 0.751.